The zero-order valence-electron chi connectivity index (χ0n) is 31.6. The third-order valence-corrected chi connectivity index (χ3v) is 14.3. The van der Waals surface area contributed by atoms with Crippen LogP contribution in [-0.2, 0) is 0 Å². The lowest BCUT2D eigenvalue weighted by Crippen LogP contribution is -2.46. The maximum Gasteiger partial charge on any atom is 0.132 e. The van der Waals surface area contributed by atoms with E-state index < -0.39 is 0 Å². The number of para-hydroxylation sites is 2. The van der Waals surface area contributed by atoms with E-state index in [-0.39, 0.29) is 12.3 Å². The van der Waals surface area contributed by atoms with Gasteiger partial charge in [-0.2, -0.15) is 0 Å². The third-order valence-electron chi connectivity index (χ3n) is 11.9. The van der Waals surface area contributed by atoms with Crippen molar-refractivity contribution in [2.45, 2.75) is 12.3 Å². The van der Waals surface area contributed by atoms with Gasteiger partial charge in [-0.1, -0.05) is 140 Å². The Balaban J connectivity index is 0.965. The average Bonchev–Trinajstić information content (AvgIpc) is 3.96. The van der Waals surface area contributed by atoms with Gasteiger partial charge in [0, 0.05) is 62.4 Å². The van der Waals surface area contributed by atoms with Crippen molar-refractivity contribution in [3.8, 4) is 16.8 Å². The summed E-state index contributed by atoms with van der Waals surface area (Å²) < 4.78 is 7.62. The van der Waals surface area contributed by atoms with Crippen LogP contribution in [0.4, 0.5) is 0 Å². The van der Waals surface area contributed by atoms with E-state index in [2.05, 4.69) is 204 Å². The molecule has 0 fully saturated rings. The molecule has 0 saturated heterocycles. The van der Waals surface area contributed by atoms with Gasteiger partial charge in [-0.3, -0.25) is 4.90 Å². The standard InChI is InChI=1S/C52H36N4S2/c1-55-51(33-16-6-3-7-17-33)53-50(32-14-4-2-5-15-32)54-52(55)41-22-13-25-46-48(41)40-28-26-34(30-47(40)57-46)36-20-12-21-39-42-31-35(27-29-45(42)58-49(36)39)56-43-23-10-8-18-37(43)38-19-9-11-24-44(38)56/h2-31,51-52H,1H3,(H,53,54). The molecule has 4 heterocycles. The van der Waals surface area contributed by atoms with E-state index in [1.54, 1.807) is 0 Å². The number of thiophene rings is 2. The molecule has 0 bridgehead atoms. The zero-order valence-corrected chi connectivity index (χ0v) is 33.3. The summed E-state index contributed by atoms with van der Waals surface area (Å²) in [5, 5.41) is 11.6. The number of aromatic nitrogens is 1. The summed E-state index contributed by atoms with van der Waals surface area (Å²) in [6.07, 6.45) is -0.215. The summed E-state index contributed by atoms with van der Waals surface area (Å²) >= 11 is 3.77. The molecule has 11 aromatic rings. The molecule has 6 heteroatoms. The molecule has 0 radical (unpaired) electrons. The minimum atomic E-state index is -0.130. The van der Waals surface area contributed by atoms with E-state index in [1.165, 1.54) is 90.1 Å². The van der Waals surface area contributed by atoms with Gasteiger partial charge in [-0.15, -0.1) is 22.7 Å². The predicted octanol–water partition coefficient (Wildman–Crippen LogP) is 13.9. The van der Waals surface area contributed by atoms with Gasteiger partial charge in [-0.05, 0) is 71.8 Å². The lowest BCUT2D eigenvalue weighted by atomic mass is 9.98. The third kappa shape index (κ3) is 5.19. The van der Waals surface area contributed by atoms with Crippen LogP contribution in [0.5, 0.6) is 0 Å². The minimum absolute atomic E-state index is 0.0844. The zero-order chi connectivity index (χ0) is 38.3. The summed E-state index contributed by atoms with van der Waals surface area (Å²) in [5.74, 6) is 0.912. The van der Waals surface area contributed by atoms with Gasteiger partial charge in [0.1, 0.15) is 18.2 Å². The van der Waals surface area contributed by atoms with E-state index in [0.29, 0.717) is 0 Å². The van der Waals surface area contributed by atoms with E-state index in [4.69, 9.17) is 4.99 Å². The molecule has 4 nitrogen and oxygen atoms in total. The molecule has 0 saturated carbocycles. The first-order chi connectivity index (χ1) is 28.7. The molecule has 58 heavy (non-hydrogen) atoms. The SMILES string of the molecule is CN1C(c2ccccc2)N=C(c2ccccc2)NC1c1cccc2sc3cc(-c4cccc5c4sc4ccc(-n6c7ccccc7c7ccccc76)cc45)ccc3c12. The number of nitrogens with one attached hydrogen (secondary N) is 1. The highest BCUT2D eigenvalue weighted by molar-refractivity contribution is 7.26. The molecular formula is C52H36N4S2. The van der Waals surface area contributed by atoms with Gasteiger partial charge in [0.2, 0.25) is 0 Å². The van der Waals surface area contributed by atoms with Crippen LogP contribution in [0.15, 0.2) is 187 Å². The fraction of sp³-hybridized carbons (Fsp3) is 0.0577. The van der Waals surface area contributed by atoms with Crippen molar-refractivity contribution in [2.24, 2.45) is 4.99 Å². The Labute approximate surface area is 343 Å². The van der Waals surface area contributed by atoms with Crippen molar-refractivity contribution < 1.29 is 0 Å². The largest absolute Gasteiger partial charge is 0.350 e. The highest BCUT2D eigenvalue weighted by Gasteiger charge is 2.33. The summed E-state index contributed by atoms with van der Waals surface area (Å²) in [6.45, 7) is 0. The monoisotopic (exact) mass is 780 g/mol. The van der Waals surface area contributed by atoms with Crippen LogP contribution in [0.2, 0.25) is 0 Å². The minimum Gasteiger partial charge on any atom is -0.350 e. The van der Waals surface area contributed by atoms with E-state index in [9.17, 15) is 0 Å². The van der Waals surface area contributed by atoms with Crippen LogP contribution in [0.25, 0.3) is 79.0 Å². The molecule has 2 atom stereocenters. The Morgan fingerprint density at radius 3 is 2.02 bits per heavy atom. The second-order valence-corrected chi connectivity index (χ2v) is 17.3. The van der Waals surface area contributed by atoms with Crippen molar-refractivity contribution in [1.29, 1.82) is 0 Å². The topological polar surface area (TPSA) is 32.6 Å². The molecule has 1 N–H and O–H groups in total. The number of benzene rings is 8. The smallest absolute Gasteiger partial charge is 0.132 e. The number of hydrogen-bond acceptors (Lipinski definition) is 5. The highest BCUT2D eigenvalue weighted by Crippen LogP contribution is 2.45. The number of rotatable bonds is 5. The molecule has 2 unspecified atom stereocenters. The van der Waals surface area contributed by atoms with Crippen LogP contribution in [0.3, 0.4) is 0 Å². The summed E-state index contributed by atoms with van der Waals surface area (Å²) in [6, 6.07) is 66.3. The van der Waals surface area contributed by atoms with Crippen LogP contribution in [0.1, 0.15) is 29.0 Å². The molecule has 0 spiro atoms. The van der Waals surface area contributed by atoms with Gasteiger partial charge in [0.25, 0.3) is 0 Å². The average molecular weight is 781 g/mol. The van der Waals surface area contributed by atoms with Crippen molar-refractivity contribution in [2.75, 3.05) is 7.05 Å². The van der Waals surface area contributed by atoms with Crippen LogP contribution >= 0.6 is 22.7 Å². The second kappa shape index (κ2) is 13.3. The van der Waals surface area contributed by atoms with Crippen LogP contribution < -0.4 is 5.32 Å². The van der Waals surface area contributed by atoms with Crippen LogP contribution in [-0.4, -0.2) is 22.4 Å². The summed E-state index contributed by atoms with van der Waals surface area (Å²) in [5.41, 5.74) is 9.70. The number of hydrogen-bond donors (Lipinski definition) is 1. The second-order valence-electron chi connectivity index (χ2n) is 15.2. The molecule has 1 aliphatic rings. The van der Waals surface area contributed by atoms with Gasteiger partial charge in [0.05, 0.1) is 11.0 Å². The first-order valence-electron chi connectivity index (χ1n) is 19.7. The first-order valence-corrected chi connectivity index (χ1v) is 21.4. The van der Waals surface area contributed by atoms with E-state index in [0.717, 1.165) is 11.4 Å². The highest BCUT2D eigenvalue weighted by atomic mass is 32.1. The Morgan fingerprint density at radius 2 is 1.22 bits per heavy atom. The fourth-order valence-corrected chi connectivity index (χ4v) is 11.6. The molecule has 0 amide bonds. The Bertz CT molecular complexity index is 3360. The number of amidine groups is 1. The Morgan fingerprint density at radius 1 is 0.517 bits per heavy atom. The quantitative estimate of drug-likeness (QED) is 0.189. The van der Waals surface area contributed by atoms with Crippen molar-refractivity contribution in [3.05, 3.63) is 199 Å². The molecule has 8 aromatic carbocycles. The molecule has 0 aliphatic carbocycles. The lowest BCUT2D eigenvalue weighted by Gasteiger charge is -2.39. The van der Waals surface area contributed by atoms with Crippen molar-refractivity contribution in [3.63, 3.8) is 0 Å². The predicted molar refractivity (Wildman–Crippen MR) is 248 cm³/mol. The molecular weight excluding hydrogens is 745 g/mol. The van der Waals surface area contributed by atoms with Gasteiger partial charge >= 0.3 is 0 Å². The van der Waals surface area contributed by atoms with Gasteiger partial charge < -0.3 is 9.88 Å². The lowest BCUT2D eigenvalue weighted by molar-refractivity contribution is 0.153. The normalized spacial score (nSPS) is 16.2. The van der Waals surface area contributed by atoms with Crippen LogP contribution in [0, 0.1) is 0 Å². The Kier molecular flexibility index (Phi) is 7.67. The molecule has 3 aromatic heterocycles. The van der Waals surface area contributed by atoms with Gasteiger partial charge in [-0.25, -0.2) is 4.99 Å². The molecule has 12 rings (SSSR count). The first kappa shape index (κ1) is 33.6. The van der Waals surface area contributed by atoms with Crippen molar-refractivity contribution in [1.82, 2.24) is 14.8 Å². The molecule has 276 valence electrons. The van der Waals surface area contributed by atoms with Crippen molar-refractivity contribution >= 4 is 90.7 Å². The Hall–Kier alpha value is -6.57. The number of aliphatic imine (C=N–C) groups is 1. The van der Waals surface area contributed by atoms with E-state index >= 15 is 0 Å². The number of nitrogens with zero attached hydrogens (tertiary/aromatic N) is 3. The van der Waals surface area contributed by atoms with E-state index in [1.807, 2.05) is 22.7 Å². The molecule has 1 aliphatic heterocycles. The summed E-state index contributed by atoms with van der Waals surface area (Å²) in [7, 11) is 2.18. The fourth-order valence-electron chi connectivity index (χ4n) is 9.21. The maximum absolute atomic E-state index is 5.27. The number of fused-ring (bicyclic) bond motifs is 9. The summed E-state index contributed by atoms with van der Waals surface area (Å²) in [4.78, 5) is 7.63. The maximum atomic E-state index is 5.27. The van der Waals surface area contributed by atoms with Gasteiger partial charge in [0.15, 0.2) is 0 Å².